The second-order valence-electron chi connectivity index (χ2n) is 14.7. The standard InChI is InChI=1S/C41H49NO11/c1-39(2)48-26-32(50-39)34-41(46,35-38(49-34)53-40(3,4)51-35)52-37(45)31(23-28-16-10-6-11-17-28)24-30(22-27-14-8-5-9-15-27)36(44)42-21-20-33(43)47-25-29-18-12-7-13-19-29/h5-19,30-32,34-35,38,46H,20-26H2,1-4H3,(H,42,44)/t30?,31-,32-,34-,35+,38+,41+/m1/s1. The first-order valence-corrected chi connectivity index (χ1v) is 18.1. The molecule has 3 aliphatic rings. The molecule has 284 valence electrons. The molecule has 7 atom stereocenters. The first kappa shape index (κ1) is 38.6. The zero-order valence-corrected chi connectivity index (χ0v) is 30.6. The van der Waals surface area contributed by atoms with Crippen LogP contribution in [0.4, 0.5) is 0 Å². The molecule has 0 aromatic heterocycles. The third-order valence-corrected chi connectivity index (χ3v) is 9.58. The van der Waals surface area contributed by atoms with Gasteiger partial charge in [-0.15, -0.1) is 0 Å². The molecule has 6 rings (SSSR count). The minimum Gasteiger partial charge on any atom is -0.461 e. The van der Waals surface area contributed by atoms with Gasteiger partial charge in [0.15, 0.2) is 30.1 Å². The number of fused-ring (bicyclic) bond motifs is 1. The van der Waals surface area contributed by atoms with Crippen molar-refractivity contribution in [2.75, 3.05) is 13.2 Å². The van der Waals surface area contributed by atoms with E-state index >= 15 is 0 Å². The highest BCUT2D eigenvalue weighted by molar-refractivity contribution is 5.81. The van der Waals surface area contributed by atoms with E-state index in [-0.39, 0.29) is 44.9 Å². The van der Waals surface area contributed by atoms with Crippen LogP contribution in [0, 0.1) is 11.8 Å². The van der Waals surface area contributed by atoms with Gasteiger partial charge < -0.3 is 43.6 Å². The number of aliphatic hydroxyl groups is 1. The maximum atomic E-state index is 14.5. The van der Waals surface area contributed by atoms with Crippen LogP contribution < -0.4 is 5.32 Å². The average Bonchev–Trinajstić information content (AvgIpc) is 3.74. The van der Waals surface area contributed by atoms with Crippen molar-refractivity contribution in [2.24, 2.45) is 11.8 Å². The quantitative estimate of drug-likeness (QED) is 0.167. The van der Waals surface area contributed by atoms with Gasteiger partial charge in [0, 0.05) is 12.5 Å². The van der Waals surface area contributed by atoms with Gasteiger partial charge in [0.05, 0.1) is 18.9 Å². The minimum atomic E-state index is -2.31. The molecule has 53 heavy (non-hydrogen) atoms. The summed E-state index contributed by atoms with van der Waals surface area (Å²) < 4.78 is 41.4. The molecule has 12 nitrogen and oxygen atoms in total. The van der Waals surface area contributed by atoms with Crippen molar-refractivity contribution >= 4 is 17.8 Å². The van der Waals surface area contributed by atoms with Crippen molar-refractivity contribution in [3.8, 4) is 0 Å². The summed E-state index contributed by atoms with van der Waals surface area (Å²) in [5, 5.41) is 15.2. The summed E-state index contributed by atoms with van der Waals surface area (Å²) in [6.07, 6.45) is -3.62. The molecule has 0 saturated carbocycles. The normalized spacial score (nSPS) is 26.7. The van der Waals surface area contributed by atoms with Crippen molar-refractivity contribution in [3.05, 3.63) is 108 Å². The van der Waals surface area contributed by atoms with Gasteiger partial charge in [-0.25, -0.2) is 0 Å². The van der Waals surface area contributed by atoms with Crippen LogP contribution in [0.25, 0.3) is 0 Å². The van der Waals surface area contributed by atoms with E-state index in [1.807, 2.05) is 91.0 Å². The fraction of sp³-hybridized carbons (Fsp3) is 0.488. The first-order valence-electron chi connectivity index (χ1n) is 18.1. The third-order valence-electron chi connectivity index (χ3n) is 9.58. The molecule has 0 aliphatic carbocycles. The molecule has 0 bridgehead atoms. The van der Waals surface area contributed by atoms with Gasteiger partial charge in [0.2, 0.25) is 5.91 Å². The van der Waals surface area contributed by atoms with Gasteiger partial charge >= 0.3 is 11.9 Å². The molecule has 3 fully saturated rings. The molecule has 3 saturated heterocycles. The molecular formula is C41H49NO11. The first-order chi connectivity index (χ1) is 25.3. The van der Waals surface area contributed by atoms with E-state index < -0.39 is 65.7 Å². The molecule has 3 aromatic carbocycles. The molecule has 0 radical (unpaired) electrons. The predicted octanol–water partition coefficient (Wildman–Crippen LogP) is 4.60. The number of nitrogens with one attached hydrogen (secondary N) is 1. The summed E-state index contributed by atoms with van der Waals surface area (Å²) in [5.41, 5.74) is 2.60. The summed E-state index contributed by atoms with van der Waals surface area (Å²) >= 11 is 0. The van der Waals surface area contributed by atoms with Gasteiger partial charge in [-0.2, -0.15) is 0 Å². The Labute approximate surface area is 310 Å². The molecule has 3 aliphatic heterocycles. The van der Waals surface area contributed by atoms with Crippen LogP contribution in [-0.4, -0.2) is 78.1 Å². The van der Waals surface area contributed by atoms with Crippen LogP contribution in [-0.2, 0) is 67.0 Å². The van der Waals surface area contributed by atoms with Crippen molar-refractivity contribution in [1.82, 2.24) is 5.32 Å². The second kappa shape index (κ2) is 16.5. The largest absolute Gasteiger partial charge is 0.461 e. The number of carbonyl (C=O) groups excluding carboxylic acids is 3. The molecule has 12 heteroatoms. The highest BCUT2D eigenvalue weighted by atomic mass is 16.9. The van der Waals surface area contributed by atoms with E-state index in [1.54, 1.807) is 27.7 Å². The van der Waals surface area contributed by atoms with Gasteiger partial charge in [-0.05, 0) is 63.6 Å². The summed E-state index contributed by atoms with van der Waals surface area (Å²) in [4.78, 5) is 40.8. The Kier molecular flexibility index (Phi) is 12.0. The Morgan fingerprint density at radius 3 is 1.94 bits per heavy atom. The van der Waals surface area contributed by atoms with Crippen molar-refractivity contribution in [2.45, 2.75) is 102 Å². The summed E-state index contributed by atoms with van der Waals surface area (Å²) in [6.45, 7) is 7.11. The zero-order valence-electron chi connectivity index (χ0n) is 30.6. The predicted molar refractivity (Wildman–Crippen MR) is 190 cm³/mol. The van der Waals surface area contributed by atoms with Crippen molar-refractivity contribution in [1.29, 1.82) is 0 Å². The van der Waals surface area contributed by atoms with Crippen LogP contribution in [0.5, 0.6) is 0 Å². The number of hydrogen-bond donors (Lipinski definition) is 2. The Bertz CT molecular complexity index is 1690. The monoisotopic (exact) mass is 731 g/mol. The average molecular weight is 732 g/mol. The minimum absolute atomic E-state index is 0.0226. The lowest BCUT2D eigenvalue weighted by Crippen LogP contribution is -2.57. The lowest BCUT2D eigenvalue weighted by molar-refractivity contribution is -0.304. The van der Waals surface area contributed by atoms with Crippen LogP contribution in [0.15, 0.2) is 91.0 Å². The van der Waals surface area contributed by atoms with Crippen LogP contribution in [0.1, 0.15) is 57.2 Å². The fourth-order valence-electron chi connectivity index (χ4n) is 7.02. The van der Waals surface area contributed by atoms with Crippen molar-refractivity contribution in [3.63, 3.8) is 0 Å². The van der Waals surface area contributed by atoms with E-state index in [2.05, 4.69) is 5.32 Å². The number of hydrogen-bond acceptors (Lipinski definition) is 11. The summed E-state index contributed by atoms with van der Waals surface area (Å²) in [5.74, 6) is -7.49. The van der Waals surface area contributed by atoms with Gasteiger partial charge in [0.1, 0.15) is 12.7 Å². The molecule has 1 unspecified atom stereocenters. The van der Waals surface area contributed by atoms with Crippen LogP contribution in [0.2, 0.25) is 0 Å². The molecule has 1 amide bonds. The van der Waals surface area contributed by atoms with Gasteiger partial charge in [-0.3, -0.25) is 14.4 Å². The molecule has 0 spiro atoms. The van der Waals surface area contributed by atoms with Crippen LogP contribution in [0.3, 0.4) is 0 Å². The number of carbonyl (C=O) groups is 3. The zero-order chi connectivity index (χ0) is 37.6. The van der Waals surface area contributed by atoms with E-state index in [9.17, 15) is 19.5 Å². The van der Waals surface area contributed by atoms with Crippen LogP contribution >= 0.6 is 0 Å². The lowest BCUT2D eigenvalue weighted by atomic mass is 9.85. The molecule has 2 N–H and O–H groups in total. The summed E-state index contributed by atoms with van der Waals surface area (Å²) in [7, 11) is 0. The fourth-order valence-corrected chi connectivity index (χ4v) is 7.02. The number of rotatable bonds is 15. The second-order valence-corrected chi connectivity index (χ2v) is 14.7. The van der Waals surface area contributed by atoms with E-state index in [4.69, 9.17) is 33.2 Å². The smallest absolute Gasteiger partial charge is 0.312 e. The van der Waals surface area contributed by atoms with Crippen molar-refractivity contribution < 1.29 is 52.6 Å². The Balaban J connectivity index is 1.20. The Morgan fingerprint density at radius 2 is 1.36 bits per heavy atom. The van der Waals surface area contributed by atoms with Gasteiger partial charge in [-0.1, -0.05) is 91.0 Å². The van der Waals surface area contributed by atoms with E-state index in [0.29, 0.717) is 6.42 Å². The highest BCUT2D eigenvalue weighted by Crippen LogP contribution is 2.47. The number of esters is 2. The topological polar surface area (TPSA) is 148 Å². The molecule has 3 aromatic rings. The highest BCUT2D eigenvalue weighted by Gasteiger charge is 2.69. The molecule has 3 heterocycles. The number of ether oxygens (including phenoxy) is 7. The Hall–Kier alpha value is -4.17. The maximum absolute atomic E-state index is 14.5. The maximum Gasteiger partial charge on any atom is 0.312 e. The number of amides is 1. The third kappa shape index (κ3) is 9.88. The lowest BCUT2D eigenvalue weighted by Gasteiger charge is -2.36. The number of benzene rings is 3. The SMILES string of the molecule is CC1(C)OC[C@H]([C@H]2O[C@H]3OC(C)(C)O[C@@H]3[C@@]2(O)OC(=O)[C@H](Cc2ccccc2)CC(Cc2ccccc2)C(=O)NCCC(=O)OCc2ccccc2)O1. The van der Waals surface area contributed by atoms with E-state index in [0.717, 1.165) is 16.7 Å². The van der Waals surface area contributed by atoms with E-state index in [1.165, 1.54) is 0 Å². The Morgan fingerprint density at radius 1 is 0.774 bits per heavy atom. The molecular weight excluding hydrogens is 682 g/mol. The van der Waals surface area contributed by atoms with Gasteiger partial charge in [0.25, 0.3) is 5.79 Å². The summed E-state index contributed by atoms with van der Waals surface area (Å²) in [6, 6.07) is 28.2.